The van der Waals surface area contributed by atoms with Crippen LogP contribution in [-0.4, -0.2) is 34.2 Å². The smallest absolute Gasteiger partial charge is 0.420 e. The van der Waals surface area contributed by atoms with Crippen molar-refractivity contribution in [1.82, 2.24) is 4.90 Å². The number of fused-ring (bicyclic) bond motifs is 1. The Morgan fingerprint density at radius 1 is 1.09 bits per heavy atom. The second kappa shape index (κ2) is 10.4. The maximum absolute atomic E-state index is 14.2. The fourth-order valence-corrected chi connectivity index (χ4v) is 6.05. The van der Waals surface area contributed by atoms with E-state index in [9.17, 15) is 23.1 Å². The monoisotopic (exact) mass is 491 g/mol. The number of rotatable bonds is 6. The van der Waals surface area contributed by atoms with E-state index in [4.69, 9.17) is 4.74 Å². The lowest BCUT2D eigenvalue weighted by Gasteiger charge is -2.44. The summed E-state index contributed by atoms with van der Waals surface area (Å²) in [5.41, 5.74) is -0.259. The van der Waals surface area contributed by atoms with Gasteiger partial charge in [-0.3, -0.25) is 9.69 Å². The van der Waals surface area contributed by atoms with Gasteiger partial charge < -0.3 is 9.84 Å². The van der Waals surface area contributed by atoms with Crippen LogP contribution in [-0.2, 0) is 11.0 Å². The molecule has 2 aromatic carbocycles. The zero-order valence-electron chi connectivity index (χ0n) is 20.8. The van der Waals surface area contributed by atoms with E-state index < -0.39 is 23.8 Å². The summed E-state index contributed by atoms with van der Waals surface area (Å²) in [5, 5.41) is 10.6. The Kier molecular flexibility index (Phi) is 7.65. The zero-order valence-corrected chi connectivity index (χ0v) is 20.8. The number of aliphatic carboxylic acids is 1. The van der Waals surface area contributed by atoms with Gasteiger partial charge in [0, 0.05) is 12.1 Å². The predicted octanol–water partition coefficient (Wildman–Crippen LogP) is 7.59. The molecular formula is C28H36F3NO3. The van der Waals surface area contributed by atoms with E-state index in [2.05, 4.69) is 13.8 Å². The molecule has 0 radical (unpaired) electrons. The highest BCUT2D eigenvalue weighted by Gasteiger charge is 2.39. The molecule has 2 aromatic rings. The van der Waals surface area contributed by atoms with E-state index in [1.807, 2.05) is 11.8 Å². The van der Waals surface area contributed by atoms with Crippen LogP contribution < -0.4 is 4.74 Å². The highest BCUT2D eigenvalue weighted by atomic mass is 19.4. The second-order valence-electron chi connectivity index (χ2n) is 10.4. The van der Waals surface area contributed by atoms with Crippen molar-refractivity contribution >= 4 is 16.7 Å². The van der Waals surface area contributed by atoms with E-state index in [0.29, 0.717) is 16.9 Å². The van der Waals surface area contributed by atoms with Crippen LogP contribution >= 0.6 is 0 Å². The SMILES string of the molecule is CCC1CCCC(C)N1C(C(=O)O)c1ccc2c(C(F)(F)F)c(OC3CCC(C)CC3)ccc2c1. The molecule has 192 valence electrons. The average Bonchev–Trinajstić information content (AvgIpc) is 2.80. The molecule has 1 heterocycles. The predicted molar refractivity (Wildman–Crippen MR) is 131 cm³/mol. The number of carboxylic acid groups (broad SMARTS) is 1. The molecule has 4 rings (SSSR count). The first-order valence-electron chi connectivity index (χ1n) is 12.9. The van der Waals surface area contributed by atoms with Crippen LogP contribution in [0.5, 0.6) is 5.75 Å². The maximum Gasteiger partial charge on any atom is 0.420 e. The summed E-state index contributed by atoms with van der Waals surface area (Å²) in [4.78, 5) is 14.5. The largest absolute Gasteiger partial charge is 0.490 e. The normalized spacial score (nSPS) is 27.0. The molecule has 3 unspecified atom stereocenters. The fraction of sp³-hybridized carbons (Fsp3) is 0.607. The Balaban J connectivity index is 1.73. The summed E-state index contributed by atoms with van der Waals surface area (Å²) >= 11 is 0. The van der Waals surface area contributed by atoms with Gasteiger partial charge in [-0.1, -0.05) is 38.5 Å². The first kappa shape index (κ1) is 25.8. The number of alkyl halides is 3. The van der Waals surface area contributed by atoms with Gasteiger partial charge in [-0.15, -0.1) is 0 Å². The average molecular weight is 492 g/mol. The lowest BCUT2D eigenvalue weighted by Crippen LogP contribution is -2.49. The number of carboxylic acids is 1. The van der Waals surface area contributed by atoms with Gasteiger partial charge in [0.2, 0.25) is 0 Å². The van der Waals surface area contributed by atoms with Gasteiger partial charge in [-0.05, 0) is 86.3 Å². The van der Waals surface area contributed by atoms with Crippen molar-refractivity contribution in [3.8, 4) is 5.75 Å². The number of halogens is 3. The van der Waals surface area contributed by atoms with Crippen molar-refractivity contribution in [3.05, 3.63) is 41.5 Å². The van der Waals surface area contributed by atoms with Crippen molar-refractivity contribution in [1.29, 1.82) is 0 Å². The molecule has 4 nitrogen and oxygen atoms in total. The minimum atomic E-state index is -4.58. The summed E-state index contributed by atoms with van der Waals surface area (Å²) in [6.07, 6.45) is 2.33. The third-order valence-electron chi connectivity index (χ3n) is 7.95. The molecule has 1 aliphatic heterocycles. The number of piperidine rings is 1. The maximum atomic E-state index is 14.2. The molecule has 1 N–H and O–H groups in total. The van der Waals surface area contributed by atoms with Crippen molar-refractivity contribution < 1.29 is 27.8 Å². The van der Waals surface area contributed by atoms with E-state index >= 15 is 0 Å². The third kappa shape index (κ3) is 5.45. The quantitative estimate of drug-likeness (QED) is 0.452. The number of likely N-dealkylation sites (tertiary alicyclic amines) is 1. The van der Waals surface area contributed by atoms with Crippen molar-refractivity contribution in [2.75, 3.05) is 0 Å². The van der Waals surface area contributed by atoms with Crippen LogP contribution in [0.4, 0.5) is 13.2 Å². The molecule has 0 aromatic heterocycles. The molecule has 3 atom stereocenters. The summed E-state index contributed by atoms with van der Waals surface area (Å²) in [7, 11) is 0. The summed E-state index contributed by atoms with van der Waals surface area (Å²) < 4.78 is 48.6. The van der Waals surface area contributed by atoms with Crippen molar-refractivity contribution in [3.63, 3.8) is 0 Å². The standard InChI is InChI=1S/C28H36F3NO3/c1-4-21-7-5-6-18(3)32(21)26(27(33)34)20-10-14-23-19(16-20)11-15-24(25(23)28(29,30)31)35-22-12-8-17(2)9-13-22/h10-11,14-18,21-22,26H,4-9,12-13H2,1-3H3,(H,33,34). The number of benzene rings is 2. The van der Waals surface area contributed by atoms with Crippen molar-refractivity contribution in [2.24, 2.45) is 5.92 Å². The first-order chi connectivity index (χ1) is 16.6. The van der Waals surface area contributed by atoms with Gasteiger partial charge in [-0.2, -0.15) is 13.2 Å². The van der Waals surface area contributed by atoms with Gasteiger partial charge in [0.05, 0.1) is 6.10 Å². The number of hydrogen-bond donors (Lipinski definition) is 1. The Bertz CT molecular complexity index is 1050. The van der Waals surface area contributed by atoms with E-state index in [-0.39, 0.29) is 29.3 Å². The Labute approximate surface area is 205 Å². The zero-order chi connectivity index (χ0) is 25.3. The molecule has 0 spiro atoms. The molecular weight excluding hydrogens is 455 g/mol. The van der Waals surface area contributed by atoms with Crippen LogP contribution in [0.3, 0.4) is 0 Å². The fourth-order valence-electron chi connectivity index (χ4n) is 6.05. The second-order valence-corrected chi connectivity index (χ2v) is 10.4. The lowest BCUT2D eigenvalue weighted by atomic mass is 9.88. The Morgan fingerprint density at radius 3 is 2.43 bits per heavy atom. The highest BCUT2D eigenvalue weighted by Crippen LogP contribution is 2.44. The van der Waals surface area contributed by atoms with Crippen LogP contribution in [0, 0.1) is 5.92 Å². The molecule has 2 aliphatic rings. The lowest BCUT2D eigenvalue weighted by molar-refractivity contribution is -0.147. The van der Waals surface area contributed by atoms with Crippen LogP contribution in [0.1, 0.15) is 89.3 Å². The van der Waals surface area contributed by atoms with Gasteiger partial charge in [-0.25, -0.2) is 0 Å². The number of hydrogen-bond acceptors (Lipinski definition) is 3. The molecule has 0 amide bonds. The third-order valence-corrected chi connectivity index (χ3v) is 7.95. The molecule has 1 saturated heterocycles. The molecule has 1 aliphatic carbocycles. The van der Waals surface area contributed by atoms with Crippen LogP contribution in [0.15, 0.2) is 30.3 Å². The van der Waals surface area contributed by atoms with Gasteiger partial charge in [0.25, 0.3) is 0 Å². The van der Waals surface area contributed by atoms with Gasteiger partial charge in [0.15, 0.2) is 0 Å². The molecule has 2 fully saturated rings. The summed E-state index contributed by atoms with van der Waals surface area (Å²) in [6, 6.07) is 6.95. The van der Waals surface area contributed by atoms with Crippen molar-refractivity contribution in [2.45, 2.75) is 103 Å². The van der Waals surface area contributed by atoms with Gasteiger partial charge in [0.1, 0.15) is 17.4 Å². The Morgan fingerprint density at radius 2 is 1.80 bits per heavy atom. The minimum absolute atomic E-state index is 0.0470. The summed E-state index contributed by atoms with van der Waals surface area (Å²) in [5.74, 6) is -0.536. The summed E-state index contributed by atoms with van der Waals surface area (Å²) in [6.45, 7) is 6.25. The Hall–Kier alpha value is -2.28. The van der Waals surface area contributed by atoms with E-state index in [0.717, 1.165) is 51.4 Å². The number of carbonyl (C=O) groups is 1. The van der Waals surface area contributed by atoms with E-state index in [1.54, 1.807) is 18.2 Å². The molecule has 7 heteroatoms. The van der Waals surface area contributed by atoms with Crippen LogP contribution in [0.2, 0.25) is 0 Å². The molecule has 35 heavy (non-hydrogen) atoms. The number of nitrogens with zero attached hydrogens (tertiary/aromatic N) is 1. The minimum Gasteiger partial charge on any atom is -0.490 e. The van der Waals surface area contributed by atoms with Crippen LogP contribution in [0.25, 0.3) is 10.8 Å². The molecule has 1 saturated carbocycles. The van der Waals surface area contributed by atoms with Gasteiger partial charge >= 0.3 is 12.1 Å². The molecule has 0 bridgehead atoms. The first-order valence-corrected chi connectivity index (χ1v) is 12.9. The number of ether oxygens (including phenoxy) is 1. The highest BCUT2D eigenvalue weighted by molar-refractivity contribution is 5.90. The topological polar surface area (TPSA) is 49.8 Å². The van der Waals surface area contributed by atoms with E-state index in [1.165, 1.54) is 12.1 Å².